The summed E-state index contributed by atoms with van der Waals surface area (Å²) in [7, 11) is 1.64. The van der Waals surface area contributed by atoms with Crippen LogP contribution in [0.25, 0.3) is 0 Å². The van der Waals surface area contributed by atoms with Crippen LogP contribution in [0.4, 0.5) is 0 Å². The number of alkyl halides is 1. The highest BCUT2D eigenvalue weighted by Crippen LogP contribution is 2.41. The largest absolute Gasteiger partial charge is 0.469 e. The number of nitrogens with zero attached hydrogens (tertiary/aromatic N) is 1. The Labute approximate surface area is 194 Å². The third-order valence-electron chi connectivity index (χ3n) is 5.92. The van der Waals surface area contributed by atoms with Crippen molar-refractivity contribution in [2.24, 2.45) is 4.99 Å². The molecular formula is C27H28ClNO3. The molecule has 0 aromatic heterocycles. The first-order valence-electron chi connectivity index (χ1n) is 10.7. The molecule has 166 valence electrons. The van der Waals surface area contributed by atoms with Gasteiger partial charge in [-0.2, -0.15) is 0 Å². The van der Waals surface area contributed by atoms with Gasteiger partial charge < -0.3 is 14.6 Å². The standard InChI is InChI=1S/C27H28ClNO3/c1-18-9-13-21(14-10-18)27(30,22-15-11-19(2)12-16-22)25(28)26-29-23(17-31-3)24(32-26)20-7-5-4-6-8-20/h4-16,23-25,30H,17H2,1-3H3/t23-,24-,25?/m0/s1. The summed E-state index contributed by atoms with van der Waals surface area (Å²) >= 11 is 7.01. The van der Waals surface area contributed by atoms with E-state index in [1.165, 1.54) is 0 Å². The van der Waals surface area contributed by atoms with Gasteiger partial charge in [-0.15, -0.1) is 11.6 Å². The number of rotatable bonds is 7. The molecule has 4 nitrogen and oxygen atoms in total. The molecule has 3 aromatic carbocycles. The number of methoxy groups -OCH3 is 1. The average Bonchev–Trinajstić information content (AvgIpc) is 3.23. The van der Waals surface area contributed by atoms with E-state index < -0.39 is 11.0 Å². The molecule has 3 atom stereocenters. The van der Waals surface area contributed by atoms with Crippen LogP contribution in [-0.2, 0) is 15.1 Å². The van der Waals surface area contributed by atoms with Gasteiger partial charge in [0.2, 0.25) is 5.90 Å². The summed E-state index contributed by atoms with van der Waals surface area (Å²) in [6.45, 7) is 4.41. The number of hydrogen-bond donors (Lipinski definition) is 1. The Morgan fingerprint density at radius 1 is 0.938 bits per heavy atom. The maximum absolute atomic E-state index is 12.1. The zero-order valence-electron chi connectivity index (χ0n) is 18.5. The van der Waals surface area contributed by atoms with Gasteiger partial charge in [0.25, 0.3) is 0 Å². The Bertz CT molecular complexity index is 1020. The lowest BCUT2D eigenvalue weighted by Crippen LogP contribution is -2.42. The number of aliphatic hydroxyl groups is 1. The van der Waals surface area contributed by atoms with E-state index in [-0.39, 0.29) is 12.1 Å². The SMILES string of the molecule is COC[C@@H]1N=C(C(Cl)C(O)(c2ccc(C)cc2)c2ccc(C)cc2)O[C@H]1c1ccccc1. The molecule has 0 saturated carbocycles. The van der Waals surface area contributed by atoms with Crippen LogP contribution in [0.2, 0.25) is 0 Å². The molecule has 0 spiro atoms. The smallest absolute Gasteiger partial charge is 0.206 e. The van der Waals surface area contributed by atoms with Crippen LogP contribution in [-0.4, -0.2) is 36.1 Å². The van der Waals surface area contributed by atoms with Crippen LogP contribution < -0.4 is 0 Å². The summed E-state index contributed by atoms with van der Waals surface area (Å²) < 4.78 is 11.7. The number of aryl methyl sites for hydroxylation is 2. The Hall–Kier alpha value is -2.66. The van der Waals surface area contributed by atoms with E-state index >= 15 is 0 Å². The minimum Gasteiger partial charge on any atom is -0.469 e. The van der Waals surface area contributed by atoms with Gasteiger partial charge in [-0.1, -0.05) is 90.0 Å². The topological polar surface area (TPSA) is 51.0 Å². The maximum Gasteiger partial charge on any atom is 0.206 e. The lowest BCUT2D eigenvalue weighted by molar-refractivity contribution is 0.0785. The fourth-order valence-corrected chi connectivity index (χ4v) is 4.44. The van der Waals surface area contributed by atoms with E-state index in [0.717, 1.165) is 16.7 Å². The first-order chi connectivity index (χ1) is 15.4. The first-order valence-corrected chi connectivity index (χ1v) is 11.2. The van der Waals surface area contributed by atoms with Crippen LogP contribution in [0.1, 0.15) is 33.9 Å². The van der Waals surface area contributed by atoms with Gasteiger partial charge in [0, 0.05) is 7.11 Å². The number of benzene rings is 3. The molecule has 4 rings (SSSR count). The highest BCUT2D eigenvalue weighted by atomic mass is 35.5. The summed E-state index contributed by atoms with van der Waals surface area (Å²) in [6, 6.07) is 25.1. The molecule has 0 saturated heterocycles. The van der Waals surface area contributed by atoms with Crippen molar-refractivity contribution in [3.63, 3.8) is 0 Å². The average molecular weight is 450 g/mol. The minimum atomic E-state index is -1.52. The Balaban J connectivity index is 1.75. The van der Waals surface area contributed by atoms with E-state index in [2.05, 4.69) is 0 Å². The summed E-state index contributed by atoms with van der Waals surface area (Å²) in [5.41, 5.74) is 3.04. The van der Waals surface area contributed by atoms with Gasteiger partial charge >= 0.3 is 0 Å². The number of halogens is 1. The third-order valence-corrected chi connectivity index (χ3v) is 6.43. The molecule has 0 radical (unpaired) electrons. The zero-order chi connectivity index (χ0) is 22.7. The molecule has 5 heteroatoms. The molecule has 1 heterocycles. The second-order valence-corrected chi connectivity index (χ2v) is 8.74. The molecule has 1 aliphatic heterocycles. The van der Waals surface area contributed by atoms with Crippen molar-refractivity contribution in [3.05, 3.63) is 107 Å². The molecule has 0 amide bonds. The van der Waals surface area contributed by atoms with Gasteiger partial charge in [0.1, 0.15) is 23.1 Å². The molecule has 0 fully saturated rings. The van der Waals surface area contributed by atoms with E-state index in [0.29, 0.717) is 23.6 Å². The first kappa shape index (κ1) is 22.5. The second kappa shape index (κ2) is 9.45. The van der Waals surface area contributed by atoms with Gasteiger partial charge in [0.15, 0.2) is 0 Å². The predicted octanol–water partition coefficient (Wildman–Crippen LogP) is 5.33. The van der Waals surface area contributed by atoms with Crippen LogP contribution in [0, 0.1) is 13.8 Å². The van der Waals surface area contributed by atoms with E-state index in [1.807, 2.05) is 92.7 Å². The number of ether oxygens (including phenoxy) is 2. The minimum absolute atomic E-state index is 0.251. The molecular weight excluding hydrogens is 422 g/mol. The molecule has 1 N–H and O–H groups in total. The van der Waals surface area contributed by atoms with Crippen LogP contribution in [0.5, 0.6) is 0 Å². The van der Waals surface area contributed by atoms with Crippen molar-refractivity contribution in [1.82, 2.24) is 0 Å². The van der Waals surface area contributed by atoms with Crippen molar-refractivity contribution >= 4 is 17.5 Å². The van der Waals surface area contributed by atoms with Crippen LogP contribution >= 0.6 is 11.6 Å². The zero-order valence-corrected chi connectivity index (χ0v) is 19.3. The Morgan fingerprint density at radius 3 is 1.97 bits per heavy atom. The Kier molecular flexibility index (Phi) is 6.66. The van der Waals surface area contributed by atoms with Gasteiger partial charge in [-0.05, 0) is 30.5 Å². The summed E-state index contributed by atoms with van der Waals surface area (Å²) in [5, 5.41) is 11.2. The molecule has 1 aliphatic rings. The van der Waals surface area contributed by atoms with Gasteiger partial charge in [-0.25, -0.2) is 4.99 Å². The molecule has 32 heavy (non-hydrogen) atoms. The van der Waals surface area contributed by atoms with E-state index in [1.54, 1.807) is 7.11 Å². The number of aliphatic imine (C=N–C) groups is 1. The second-order valence-electron chi connectivity index (χ2n) is 8.30. The molecule has 0 bridgehead atoms. The van der Waals surface area contributed by atoms with Crippen molar-refractivity contribution in [2.75, 3.05) is 13.7 Å². The highest BCUT2D eigenvalue weighted by Gasteiger charge is 2.47. The number of hydrogen-bond acceptors (Lipinski definition) is 4. The Morgan fingerprint density at radius 2 is 1.47 bits per heavy atom. The molecule has 3 aromatic rings. The van der Waals surface area contributed by atoms with Crippen molar-refractivity contribution in [1.29, 1.82) is 0 Å². The summed E-state index contributed by atoms with van der Waals surface area (Å²) in [4.78, 5) is 4.77. The predicted molar refractivity (Wildman–Crippen MR) is 128 cm³/mol. The summed E-state index contributed by atoms with van der Waals surface area (Å²) in [5.74, 6) is 0.311. The van der Waals surface area contributed by atoms with Gasteiger partial charge in [0.05, 0.1) is 6.61 Å². The maximum atomic E-state index is 12.1. The van der Waals surface area contributed by atoms with Crippen molar-refractivity contribution in [2.45, 2.75) is 37.0 Å². The fourth-order valence-electron chi connectivity index (χ4n) is 4.08. The molecule has 0 aliphatic carbocycles. The summed E-state index contributed by atoms with van der Waals surface area (Å²) in [6.07, 6.45) is -0.326. The molecule has 1 unspecified atom stereocenters. The fraction of sp³-hybridized carbons (Fsp3) is 0.296. The monoisotopic (exact) mass is 449 g/mol. The van der Waals surface area contributed by atoms with E-state index in [9.17, 15) is 5.11 Å². The normalized spacial score (nSPS) is 19.3. The lowest BCUT2D eigenvalue weighted by Gasteiger charge is -2.33. The van der Waals surface area contributed by atoms with Crippen LogP contribution in [0.15, 0.2) is 83.9 Å². The van der Waals surface area contributed by atoms with Crippen molar-refractivity contribution < 1.29 is 14.6 Å². The quantitative estimate of drug-likeness (QED) is 0.496. The highest BCUT2D eigenvalue weighted by molar-refractivity contribution is 6.32. The van der Waals surface area contributed by atoms with Crippen molar-refractivity contribution in [3.8, 4) is 0 Å². The van der Waals surface area contributed by atoms with E-state index in [4.69, 9.17) is 26.1 Å². The lowest BCUT2D eigenvalue weighted by atomic mass is 9.82. The van der Waals surface area contributed by atoms with Crippen LogP contribution in [0.3, 0.4) is 0 Å². The van der Waals surface area contributed by atoms with Gasteiger partial charge in [-0.3, -0.25) is 0 Å². The third kappa shape index (κ3) is 4.31.